The van der Waals surface area contributed by atoms with Crippen LogP contribution in [-0.2, 0) is 23.9 Å². The largest absolute Gasteiger partial charge is 0.497 e. The lowest BCUT2D eigenvalue weighted by atomic mass is 9.92. The van der Waals surface area contributed by atoms with E-state index in [2.05, 4.69) is 6.58 Å². The molecule has 3 heterocycles. The summed E-state index contributed by atoms with van der Waals surface area (Å²) in [7, 11) is 3.12. The van der Waals surface area contributed by atoms with Gasteiger partial charge in [-0.05, 0) is 44.2 Å². The SMILES string of the molecule is C=CCOC(=O)C1=C(C)N=C2SC=C(CC(=O)N3CCC[C@H](C(=O)OCC)C3)N2[C@H]1c1ccc(OC)cc1OC. The molecule has 1 aromatic carbocycles. The summed E-state index contributed by atoms with van der Waals surface area (Å²) >= 11 is 1.39. The molecule has 11 heteroatoms. The number of thioether (sulfide) groups is 1. The van der Waals surface area contributed by atoms with E-state index in [0.29, 0.717) is 65.3 Å². The number of fused-ring (bicyclic) bond motifs is 1. The van der Waals surface area contributed by atoms with E-state index in [9.17, 15) is 14.4 Å². The Kier molecular flexibility index (Phi) is 9.57. The summed E-state index contributed by atoms with van der Waals surface area (Å²) < 4.78 is 21.8. The summed E-state index contributed by atoms with van der Waals surface area (Å²) in [6.07, 6.45) is 3.01. The van der Waals surface area contributed by atoms with E-state index in [1.807, 2.05) is 16.4 Å². The number of hydrogen-bond acceptors (Lipinski definition) is 10. The van der Waals surface area contributed by atoms with E-state index in [4.69, 9.17) is 23.9 Å². The van der Waals surface area contributed by atoms with E-state index in [-0.39, 0.29) is 30.8 Å². The molecule has 1 amide bonds. The molecule has 3 aliphatic rings. The molecular weight excluding hydrogens is 534 g/mol. The first-order chi connectivity index (χ1) is 19.3. The number of benzene rings is 1. The van der Waals surface area contributed by atoms with E-state index in [1.165, 1.54) is 17.8 Å². The zero-order valence-electron chi connectivity index (χ0n) is 23.3. The van der Waals surface area contributed by atoms with Gasteiger partial charge in [-0.15, -0.1) is 0 Å². The van der Waals surface area contributed by atoms with E-state index in [1.54, 1.807) is 45.1 Å². The Labute approximate surface area is 238 Å². The minimum atomic E-state index is -0.659. The summed E-state index contributed by atoms with van der Waals surface area (Å²) in [5.41, 5.74) is 2.25. The maximum Gasteiger partial charge on any atom is 0.338 e. The number of amidine groups is 1. The zero-order valence-corrected chi connectivity index (χ0v) is 24.1. The summed E-state index contributed by atoms with van der Waals surface area (Å²) in [5, 5.41) is 2.53. The summed E-state index contributed by atoms with van der Waals surface area (Å²) in [6.45, 7) is 8.44. The van der Waals surface area contributed by atoms with Crippen molar-refractivity contribution in [3.63, 3.8) is 0 Å². The molecule has 2 atom stereocenters. The van der Waals surface area contributed by atoms with Crippen molar-refractivity contribution < 1.29 is 33.3 Å². The van der Waals surface area contributed by atoms with Crippen LogP contribution in [0.4, 0.5) is 0 Å². The zero-order chi connectivity index (χ0) is 28.8. The van der Waals surface area contributed by atoms with Crippen LogP contribution in [0.1, 0.15) is 44.7 Å². The number of ether oxygens (including phenoxy) is 4. The molecule has 214 valence electrons. The van der Waals surface area contributed by atoms with Gasteiger partial charge in [0.1, 0.15) is 18.1 Å². The smallest absolute Gasteiger partial charge is 0.338 e. The van der Waals surface area contributed by atoms with Crippen molar-refractivity contribution >= 4 is 34.8 Å². The van der Waals surface area contributed by atoms with Crippen LogP contribution in [0.2, 0.25) is 0 Å². The second-order valence-electron chi connectivity index (χ2n) is 9.50. The first kappa shape index (κ1) is 29.3. The van der Waals surface area contributed by atoms with Crippen molar-refractivity contribution in [2.45, 2.75) is 39.2 Å². The quantitative estimate of drug-likeness (QED) is 0.303. The molecule has 0 bridgehead atoms. The van der Waals surface area contributed by atoms with Gasteiger partial charge in [-0.3, -0.25) is 9.59 Å². The molecule has 1 aromatic rings. The molecule has 3 aliphatic heterocycles. The van der Waals surface area contributed by atoms with Gasteiger partial charge in [-0.25, -0.2) is 9.79 Å². The Balaban J connectivity index is 1.67. The Morgan fingerprint density at radius 1 is 1.20 bits per heavy atom. The van der Waals surface area contributed by atoms with Crippen LogP contribution in [0.15, 0.2) is 58.2 Å². The van der Waals surface area contributed by atoms with Crippen molar-refractivity contribution in [1.82, 2.24) is 9.80 Å². The number of carbonyl (C=O) groups excluding carboxylic acids is 3. The standard InChI is InChI=1S/C29H35N3O7S/c1-6-13-39-28(35)25-18(3)30-29-32(26(25)22-11-10-21(36-4)15-23(22)37-5)20(17-40-29)14-24(33)31-12-8-9-19(16-31)27(34)38-7-2/h6,10-11,15,17,19,26H,1,7-9,12-14,16H2,2-5H3/t19-,26-/m0/s1. The van der Waals surface area contributed by atoms with Gasteiger partial charge in [0.25, 0.3) is 0 Å². The molecular formula is C29H35N3O7S. The van der Waals surface area contributed by atoms with Crippen LogP contribution in [0, 0.1) is 5.92 Å². The fourth-order valence-electron chi connectivity index (χ4n) is 5.10. The molecule has 10 nitrogen and oxygen atoms in total. The highest BCUT2D eigenvalue weighted by atomic mass is 32.2. The van der Waals surface area contributed by atoms with Gasteiger partial charge in [0.15, 0.2) is 5.17 Å². The summed E-state index contributed by atoms with van der Waals surface area (Å²) in [6, 6.07) is 4.74. The number of esters is 2. The Bertz CT molecular complexity index is 1270. The average Bonchev–Trinajstić information content (AvgIpc) is 3.36. The van der Waals surface area contributed by atoms with Crippen molar-refractivity contribution in [2.75, 3.05) is 40.5 Å². The maximum atomic E-state index is 13.5. The maximum absolute atomic E-state index is 13.5. The fraction of sp³-hybridized carbons (Fsp3) is 0.448. The van der Waals surface area contributed by atoms with Gasteiger partial charge in [0, 0.05) is 30.4 Å². The highest BCUT2D eigenvalue weighted by molar-refractivity contribution is 8.16. The molecule has 4 rings (SSSR count). The molecule has 1 saturated heterocycles. The molecule has 1 fully saturated rings. The van der Waals surface area contributed by atoms with Gasteiger partial charge in [-0.1, -0.05) is 24.4 Å². The minimum absolute atomic E-state index is 0.0468. The Morgan fingerprint density at radius 2 is 2.00 bits per heavy atom. The van der Waals surface area contributed by atoms with Gasteiger partial charge < -0.3 is 28.7 Å². The second kappa shape index (κ2) is 13.1. The van der Waals surface area contributed by atoms with Gasteiger partial charge >= 0.3 is 11.9 Å². The first-order valence-electron chi connectivity index (χ1n) is 13.2. The topological polar surface area (TPSA) is 107 Å². The molecule has 0 spiro atoms. The van der Waals surface area contributed by atoms with Crippen LogP contribution >= 0.6 is 11.8 Å². The summed E-state index contributed by atoms with van der Waals surface area (Å²) in [5.74, 6) is -0.113. The van der Waals surface area contributed by atoms with Crippen molar-refractivity contribution in [3.05, 3.63) is 58.8 Å². The monoisotopic (exact) mass is 569 g/mol. The van der Waals surface area contributed by atoms with Crippen molar-refractivity contribution in [2.24, 2.45) is 10.9 Å². The molecule has 0 N–H and O–H groups in total. The number of carbonyl (C=O) groups is 3. The fourth-order valence-corrected chi connectivity index (χ4v) is 6.07. The number of rotatable bonds is 10. The minimum Gasteiger partial charge on any atom is -0.497 e. The summed E-state index contributed by atoms with van der Waals surface area (Å²) in [4.78, 5) is 47.5. The number of nitrogens with zero attached hydrogens (tertiary/aromatic N) is 3. The number of methoxy groups -OCH3 is 2. The molecule has 0 aromatic heterocycles. The second-order valence-corrected chi connectivity index (χ2v) is 10.3. The normalized spacial score (nSPS) is 20.3. The lowest BCUT2D eigenvalue weighted by Crippen LogP contribution is -2.44. The van der Waals surface area contributed by atoms with Crippen LogP contribution in [-0.4, -0.2) is 73.3 Å². The van der Waals surface area contributed by atoms with Gasteiger partial charge in [0.2, 0.25) is 5.91 Å². The predicted octanol–water partition coefficient (Wildman–Crippen LogP) is 4.20. The number of amides is 1. The molecule has 0 unspecified atom stereocenters. The van der Waals surface area contributed by atoms with E-state index in [0.717, 1.165) is 6.42 Å². The highest BCUT2D eigenvalue weighted by Crippen LogP contribution is 2.47. The number of likely N-dealkylation sites (tertiary alicyclic amines) is 1. The number of hydrogen-bond donors (Lipinski definition) is 0. The Morgan fingerprint density at radius 3 is 2.70 bits per heavy atom. The van der Waals surface area contributed by atoms with Crippen LogP contribution < -0.4 is 9.47 Å². The van der Waals surface area contributed by atoms with Gasteiger partial charge in [-0.2, -0.15) is 0 Å². The number of aliphatic imine (C=N–C) groups is 1. The average molecular weight is 570 g/mol. The van der Waals surface area contributed by atoms with Gasteiger partial charge in [0.05, 0.1) is 50.5 Å². The third-order valence-corrected chi connectivity index (χ3v) is 7.90. The third kappa shape index (κ3) is 6.04. The molecule has 0 radical (unpaired) electrons. The number of allylic oxidation sites excluding steroid dienone is 1. The van der Waals surface area contributed by atoms with E-state index < -0.39 is 12.0 Å². The Hall–Kier alpha value is -3.73. The number of piperidine rings is 1. The predicted molar refractivity (Wildman–Crippen MR) is 152 cm³/mol. The molecule has 0 aliphatic carbocycles. The van der Waals surface area contributed by atoms with Crippen LogP contribution in [0.25, 0.3) is 0 Å². The van der Waals surface area contributed by atoms with Crippen molar-refractivity contribution in [1.29, 1.82) is 0 Å². The van der Waals surface area contributed by atoms with Crippen molar-refractivity contribution in [3.8, 4) is 11.5 Å². The lowest BCUT2D eigenvalue weighted by molar-refractivity contribution is -0.151. The van der Waals surface area contributed by atoms with E-state index >= 15 is 0 Å². The molecule has 40 heavy (non-hydrogen) atoms. The first-order valence-corrected chi connectivity index (χ1v) is 14.1. The molecule has 0 saturated carbocycles. The highest BCUT2D eigenvalue weighted by Gasteiger charge is 2.43. The van der Waals surface area contributed by atoms with Crippen LogP contribution in [0.5, 0.6) is 11.5 Å². The van der Waals surface area contributed by atoms with Crippen LogP contribution in [0.3, 0.4) is 0 Å². The third-order valence-electron chi connectivity index (χ3n) is 7.01. The lowest BCUT2D eigenvalue weighted by Gasteiger charge is -2.37.